The van der Waals surface area contributed by atoms with E-state index in [-0.39, 0.29) is 23.1 Å². The zero-order chi connectivity index (χ0) is 19.1. The second kappa shape index (κ2) is 9.07. The number of benzene rings is 2. The molecule has 0 saturated carbocycles. The topological polar surface area (TPSA) is 82.3 Å². The minimum absolute atomic E-state index is 0.0235. The van der Waals surface area contributed by atoms with Gasteiger partial charge in [-0.2, -0.15) is 5.26 Å². The van der Waals surface area contributed by atoms with E-state index < -0.39 is 5.91 Å². The van der Waals surface area contributed by atoms with Crippen molar-refractivity contribution in [1.29, 1.82) is 5.26 Å². The van der Waals surface area contributed by atoms with Crippen LogP contribution in [-0.4, -0.2) is 17.6 Å². The molecule has 0 heterocycles. The van der Waals surface area contributed by atoms with E-state index in [1.807, 2.05) is 43.3 Å². The van der Waals surface area contributed by atoms with Gasteiger partial charge in [0.05, 0.1) is 17.1 Å². The van der Waals surface area contributed by atoms with Crippen LogP contribution in [0, 0.1) is 11.3 Å². The van der Waals surface area contributed by atoms with Crippen LogP contribution in [0.2, 0.25) is 0 Å². The van der Waals surface area contributed by atoms with Gasteiger partial charge in [-0.3, -0.25) is 4.79 Å². The molecule has 5 nitrogen and oxygen atoms in total. The number of phenols is 1. The zero-order valence-electron chi connectivity index (χ0n) is 14.5. The minimum Gasteiger partial charge on any atom is -0.503 e. The number of rotatable bonds is 6. The van der Waals surface area contributed by atoms with E-state index in [1.165, 1.54) is 6.08 Å². The Hall–Kier alpha value is -2.78. The van der Waals surface area contributed by atoms with Crippen molar-refractivity contribution in [2.75, 3.05) is 6.61 Å². The van der Waals surface area contributed by atoms with Gasteiger partial charge in [0.15, 0.2) is 11.5 Å². The molecule has 6 heteroatoms. The number of nitrogens with one attached hydrogen (secondary N) is 1. The van der Waals surface area contributed by atoms with Crippen molar-refractivity contribution in [1.82, 2.24) is 5.32 Å². The summed E-state index contributed by atoms with van der Waals surface area (Å²) in [7, 11) is 0. The third-order valence-corrected chi connectivity index (χ3v) is 4.28. The van der Waals surface area contributed by atoms with Gasteiger partial charge in [0.1, 0.15) is 11.6 Å². The van der Waals surface area contributed by atoms with Crippen LogP contribution in [0.4, 0.5) is 0 Å². The summed E-state index contributed by atoms with van der Waals surface area (Å²) in [5.41, 5.74) is 1.48. The van der Waals surface area contributed by atoms with Crippen LogP contribution >= 0.6 is 15.9 Å². The van der Waals surface area contributed by atoms with Gasteiger partial charge in [0.2, 0.25) is 0 Å². The normalized spacial score (nSPS) is 12.2. The third-order valence-electron chi connectivity index (χ3n) is 3.67. The molecule has 0 saturated heterocycles. The summed E-state index contributed by atoms with van der Waals surface area (Å²) in [5.74, 6) is -0.209. The van der Waals surface area contributed by atoms with Crippen LogP contribution in [0.5, 0.6) is 11.5 Å². The first kappa shape index (κ1) is 19.5. The van der Waals surface area contributed by atoms with Gasteiger partial charge < -0.3 is 15.2 Å². The summed E-state index contributed by atoms with van der Waals surface area (Å²) in [4.78, 5) is 12.4. The number of ether oxygens (including phenoxy) is 1. The van der Waals surface area contributed by atoms with Crippen molar-refractivity contribution in [3.8, 4) is 17.6 Å². The Kier molecular flexibility index (Phi) is 6.81. The number of hydrogen-bond acceptors (Lipinski definition) is 4. The quantitative estimate of drug-likeness (QED) is 0.543. The lowest BCUT2D eigenvalue weighted by Gasteiger charge is -2.14. The Morgan fingerprint density at radius 3 is 2.69 bits per heavy atom. The fourth-order valence-electron chi connectivity index (χ4n) is 2.36. The maximum Gasteiger partial charge on any atom is 0.262 e. The van der Waals surface area contributed by atoms with Crippen molar-refractivity contribution >= 4 is 27.9 Å². The van der Waals surface area contributed by atoms with E-state index >= 15 is 0 Å². The standard InChI is InChI=1S/C20H19BrN2O3/c1-3-26-18-11-14(10-17(21)19(18)24)9-16(12-22)20(25)23-13(2)15-7-5-4-6-8-15/h4-11,13,24H,3H2,1-2H3,(H,23,25)/b16-9-/t13-/m1/s1. The molecule has 2 N–H and O–H groups in total. The molecule has 1 amide bonds. The van der Waals surface area contributed by atoms with Crippen molar-refractivity contribution in [2.24, 2.45) is 0 Å². The predicted octanol–water partition coefficient (Wildman–Crippen LogP) is 4.34. The molecule has 0 aliphatic heterocycles. The van der Waals surface area contributed by atoms with E-state index in [4.69, 9.17) is 4.74 Å². The first-order valence-electron chi connectivity index (χ1n) is 8.09. The van der Waals surface area contributed by atoms with Crippen LogP contribution in [0.15, 0.2) is 52.5 Å². The molecule has 2 aromatic carbocycles. The lowest BCUT2D eigenvalue weighted by Crippen LogP contribution is -2.27. The summed E-state index contributed by atoms with van der Waals surface area (Å²) < 4.78 is 5.78. The summed E-state index contributed by atoms with van der Waals surface area (Å²) in [6.07, 6.45) is 1.46. The average Bonchev–Trinajstić information content (AvgIpc) is 2.64. The molecule has 0 fully saturated rings. The van der Waals surface area contributed by atoms with E-state index in [0.29, 0.717) is 16.6 Å². The van der Waals surface area contributed by atoms with Crippen molar-refractivity contribution in [3.63, 3.8) is 0 Å². The lowest BCUT2D eigenvalue weighted by molar-refractivity contribution is -0.117. The number of phenolic OH excluding ortho intramolecular Hbond substituents is 1. The van der Waals surface area contributed by atoms with E-state index in [2.05, 4.69) is 21.2 Å². The first-order chi connectivity index (χ1) is 12.5. The highest BCUT2D eigenvalue weighted by Gasteiger charge is 2.15. The molecule has 0 spiro atoms. The first-order valence-corrected chi connectivity index (χ1v) is 8.88. The molecule has 26 heavy (non-hydrogen) atoms. The van der Waals surface area contributed by atoms with Crippen LogP contribution in [0.1, 0.15) is 31.0 Å². The number of amides is 1. The number of halogens is 1. The van der Waals surface area contributed by atoms with E-state index in [9.17, 15) is 15.2 Å². The van der Waals surface area contributed by atoms with Crippen LogP contribution in [0.3, 0.4) is 0 Å². The van der Waals surface area contributed by atoms with Gasteiger partial charge in [-0.05, 0) is 59.1 Å². The minimum atomic E-state index is -0.467. The largest absolute Gasteiger partial charge is 0.503 e. The van der Waals surface area contributed by atoms with Crippen molar-refractivity contribution in [2.45, 2.75) is 19.9 Å². The summed E-state index contributed by atoms with van der Waals surface area (Å²) in [5, 5.41) is 22.1. The van der Waals surface area contributed by atoms with Gasteiger partial charge in [-0.1, -0.05) is 30.3 Å². The van der Waals surface area contributed by atoms with E-state index in [1.54, 1.807) is 19.1 Å². The lowest BCUT2D eigenvalue weighted by atomic mass is 10.1. The zero-order valence-corrected chi connectivity index (χ0v) is 16.1. The third kappa shape index (κ3) is 4.87. The van der Waals surface area contributed by atoms with Crippen molar-refractivity contribution in [3.05, 3.63) is 63.6 Å². The van der Waals surface area contributed by atoms with Crippen LogP contribution in [-0.2, 0) is 4.79 Å². The number of carbonyl (C=O) groups is 1. The molecule has 0 aliphatic rings. The Morgan fingerprint density at radius 2 is 2.08 bits per heavy atom. The smallest absolute Gasteiger partial charge is 0.262 e. The fourth-order valence-corrected chi connectivity index (χ4v) is 2.82. The Labute approximate surface area is 161 Å². The maximum absolute atomic E-state index is 12.4. The summed E-state index contributed by atoms with van der Waals surface area (Å²) in [6.45, 7) is 4.04. The SMILES string of the molecule is CCOc1cc(/C=C(/C#N)C(=O)N[C@H](C)c2ccccc2)cc(Br)c1O. The molecule has 2 aromatic rings. The molecule has 0 aliphatic carbocycles. The number of nitriles is 1. The second-order valence-corrected chi connectivity index (χ2v) is 6.41. The van der Waals surface area contributed by atoms with Gasteiger partial charge in [0, 0.05) is 0 Å². The highest BCUT2D eigenvalue weighted by molar-refractivity contribution is 9.10. The molecule has 134 valence electrons. The van der Waals surface area contributed by atoms with Gasteiger partial charge >= 0.3 is 0 Å². The van der Waals surface area contributed by atoms with Crippen LogP contribution in [0.25, 0.3) is 6.08 Å². The Bertz CT molecular complexity index is 857. The number of hydrogen-bond donors (Lipinski definition) is 2. The highest BCUT2D eigenvalue weighted by Crippen LogP contribution is 2.36. The average molecular weight is 415 g/mol. The van der Waals surface area contributed by atoms with Gasteiger partial charge in [-0.15, -0.1) is 0 Å². The number of carbonyl (C=O) groups excluding carboxylic acids is 1. The molecule has 0 aromatic heterocycles. The maximum atomic E-state index is 12.4. The van der Waals surface area contributed by atoms with E-state index in [0.717, 1.165) is 5.56 Å². The second-order valence-electron chi connectivity index (χ2n) is 5.56. The van der Waals surface area contributed by atoms with Gasteiger partial charge in [-0.25, -0.2) is 0 Å². The molecule has 2 rings (SSSR count). The molecule has 1 atom stereocenters. The molecular weight excluding hydrogens is 396 g/mol. The summed E-state index contributed by atoms with van der Waals surface area (Å²) >= 11 is 3.24. The molecule has 0 unspecified atom stereocenters. The monoisotopic (exact) mass is 414 g/mol. The molecule has 0 bridgehead atoms. The summed E-state index contributed by atoms with van der Waals surface area (Å²) in [6, 6.07) is 14.4. The fraction of sp³-hybridized carbons (Fsp3) is 0.200. The van der Waals surface area contributed by atoms with Crippen molar-refractivity contribution < 1.29 is 14.6 Å². The highest BCUT2D eigenvalue weighted by atomic mass is 79.9. The Balaban J connectivity index is 2.24. The molecule has 0 radical (unpaired) electrons. The van der Waals surface area contributed by atoms with Gasteiger partial charge in [0.25, 0.3) is 5.91 Å². The number of nitrogens with zero attached hydrogens (tertiary/aromatic N) is 1. The molecular formula is C20H19BrN2O3. The number of aromatic hydroxyl groups is 1. The predicted molar refractivity (Wildman–Crippen MR) is 104 cm³/mol. The Morgan fingerprint density at radius 1 is 1.38 bits per heavy atom. The van der Waals surface area contributed by atoms with Crippen LogP contribution < -0.4 is 10.1 Å².